The Hall–Kier alpha value is -0.820. The number of hydrogen-bond acceptors (Lipinski definition) is 3. The molecule has 1 fully saturated rings. The fourth-order valence-electron chi connectivity index (χ4n) is 1.80. The van der Waals surface area contributed by atoms with E-state index in [4.69, 9.17) is 5.11 Å². The van der Waals surface area contributed by atoms with Crippen molar-refractivity contribution >= 4 is 5.97 Å². The quantitative estimate of drug-likeness (QED) is 0.754. The van der Waals surface area contributed by atoms with Crippen molar-refractivity contribution in [1.82, 2.24) is 4.90 Å². The van der Waals surface area contributed by atoms with Crippen LogP contribution in [0.15, 0.2) is 0 Å². The Morgan fingerprint density at radius 2 is 2.18 bits per heavy atom. The minimum atomic E-state index is -4.30. The summed E-state index contributed by atoms with van der Waals surface area (Å²) in [6, 6.07) is 0. The van der Waals surface area contributed by atoms with Crippen LogP contribution in [0.5, 0.6) is 0 Å². The third kappa shape index (κ3) is 4.51. The van der Waals surface area contributed by atoms with E-state index in [1.54, 1.807) is 6.92 Å². The highest BCUT2D eigenvalue weighted by molar-refractivity contribution is 5.74. The number of aliphatic carboxylic acids is 1. The van der Waals surface area contributed by atoms with Crippen LogP contribution < -0.4 is 0 Å². The molecule has 0 saturated carbocycles. The fourth-order valence-corrected chi connectivity index (χ4v) is 1.80. The molecule has 100 valence electrons. The Kier molecular flexibility index (Phi) is 4.37. The van der Waals surface area contributed by atoms with Crippen molar-refractivity contribution in [3.8, 4) is 0 Å². The van der Waals surface area contributed by atoms with Crippen LogP contribution in [0.2, 0.25) is 0 Å². The summed E-state index contributed by atoms with van der Waals surface area (Å²) in [7, 11) is 0. The van der Waals surface area contributed by atoms with E-state index >= 15 is 0 Å². The van der Waals surface area contributed by atoms with E-state index in [9.17, 15) is 18.0 Å². The van der Waals surface area contributed by atoms with Crippen LogP contribution in [0, 0.1) is 5.41 Å². The molecule has 0 amide bonds. The minimum absolute atomic E-state index is 0.0325. The second kappa shape index (κ2) is 5.22. The lowest BCUT2D eigenvalue weighted by molar-refractivity contribution is -0.174. The second-order valence-corrected chi connectivity index (χ2v) is 4.56. The van der Waals surface area contributed by atoms with Crippen molar-refractivity contribution in [2.24, 2.45) is 5.41 Å². The maximum Gasteiger partial charge on any atom is 0.411 e. The molecule has 1 aliphatic heterocycles. The maximum absolute atomic E-state index is 11.8. The lowest BCUT2D eigenvalue weighted by Crippen LogP contribution is -2.33. The van der Waals surface area contributed by atoms with Crippen LogP contribution >= 0.6 is 0 Å². The van der Waals surface area contributed by atoms with E-state index in [1.165, 1.54) is 0 Å². The largest absolute Gasteiger partial charge is 0.481 e. The van der Waals surface area contributed by atoms with Crippen molar-refractivity contribution in [1.29, 1.82) is 0 Å². The highest BCUT2D eigenvalue weighted by atomic mass is 19.4. The van der Waals surface area contributed by atoms with Gasteiger partial charge in [-0.3, -0.25) is 9.69 Å². The molecule has 1 unspecified atom stereocenters. The van der Waals surface area contributed by atoms with Crippen LogP contribution in [-0.4, -0.2) is 55.0 Å². The van der Waals surface area contributed by atoms with Crippen molar-refractivity contribution in [3.63, 3.8) is 0 Å². The van der Waals surface area contributed by atoms with E-state index in [1.807, 2.05) is 4.90 Å². The first-order valence-electron chi connectivity index (χ1n) is 5.33. The summed E-state index contributed by atoms with van der Waals surface area (Å²) in [5.41, 5.74) is -0.788. The molecule has 4 nitrogen and oxygen atoms in total. The molecule has 1 aliphatic rings. The normalized spacial score (nSPS) is 26.4. The highest BCUT2D eigenvalue weighted by Gasteiger charge is 2.40. The maximum atomic E-state index is 11.8. The second-order valence-electron chi connectivity index (χ2n) is 4.56. The van der Waals surface area contributed by atoms with Gasteiger partial charge in [-0.2, -0.15) is 13.2 Å². The number of carboxylic acids is 1. The number of rotatable bonds is 5. The van der Waals surface area contributed by atoms with E-state index < -0.39 is 24.2 Å². The molecule has 0 aromatic heterocycles. The number of ether oxygens (including phenoxy) is 1. The van der Waals surface area contributed by atoms with Gasteiger partial charge in [0.15, 0.2) is 0 Å². The van der Waals surface area contributed by atoms with Gasteiger partial charge in [-0.05, 0) is 19.9 Å². The Balaban J connectivity index is 2.21. The van der Waals surface area contributed by atoms with Gasteiger partial charge >= 0.3 is 12.1 Å². The fraction of sp³-hybridized carbons (Fsp3) is 0.900. The van der Waals surface area contributed by atoms with Gasteiger partial charge in [-0.1, -0.05) is 0 Å². The Bertz CT molecular complexity index is 282. The van der Waals surface area contributed by atoms with Crippen LogP contribution in [0.1, 0.15) is 13.3 Å². The first-order valence-corrected chi connectivity index (χ1v) is 5.33. The third-order valence-corrected chi connectivity index (χ3v) is 2.89. The van der Waals surface area contributed by atoms with Crippen molar-refractivity contribution in [2.45, 2.75) is 19.5 Å². The van der Waals surface area contributed by atoms with Gasteiger partial charge in [0.05, 0.1) is 12.0 Å². The molecular weight excluding hydrogens is 239 g/mol. The number of halogens is 3. The van der Waals surface area contributed by atoms with Crippen LogP contribution in [0.3, 0.4) is 0 Å². The standard InChI is InChI=1S/C10H16F3NO3/c1-9(8(15)16)2-3-14(6-9)4-5-17-7-10(11,12)13/h2-7H2,1H3,(H,15,16). The SMILES string of the molecule is CC1(C(=O)O)CCN(CCOCC(F)(F)F)C1. The van der Waals surface area contributed by atoms with E-state index in [2.05, 4.69) is 4.74 Å². The predicted molar refractivity (Wildman–Crippen MR) is 53.7 cm³/mol. The molecule has 1 atom stereocenters. The summed E-state index contributed by atoms with van der Waals surface area (Å²) >= 11 is 0. The molecule has 17 heavy (non-hydrogen) atoms. The zero-order valence-electron chi connectivity index (χ0n) is 9.59. The number of carboxylic acid groups (broad SMARTS) is 1. The lowest BCUT2D eigenvalue weighted by atomic mass is 9.90. The van der Waals surface area contributed by atoms with Gasteiger partial charge in [0, 0.05) is 13.1 Å². The molecule has 0 aromatic carbocycles. The van der Waals surface area contributed by atoms with Crippen molar-refractivity contribution in [3.05, 3.63) is 0 Å². The zero-order valence-corrected chi connectivity index (χ0v) is 9.59. The molecule has 0 aliphatic carbocycles. The number of nitrogens with zero attached hydrogens (tertiary/aromatic N) is 1. The summed E-state index contributed by atoms with van der Waals surface area (Å²) in [5, 5.41) is 8.96. The molecule has 0 radical (unpaired) electrons. The Morgan fingerprint density at radius 3 is 2.65 bits per heavy atom. The van der Waals surface area contributed by atoms with Crippen LogP contribution in [0.25, 0.3) is 0 Å². The van der Waals surface area contributed by atoms with Gasteiger partial charge in [0.25, 0.3) is 0 Å². The molecule has 7 heteroatoms. The van der Waals surface area contributed by atoms with E-state index in [-0.39, 0.29) is 6.61 Å². The summed E-state index contributed by atoms with van der Waals surface area (Å²) in [6.07, 6.45) is -3.79. The monoisotopic (exact) mass is 255 g/mol. The Labute approximate surface area is 97.3 Å². The summed E-state index contributed by atoms with van der Waals surface area (Å²) in [6.45, 7) is 1.63. The predicted octanol–water partition coefficient (Wildman–Crippen LogP) is 1.36. The minimum Gasteiger partial charge on any atom is -0.481 e. The van der Waals surface area contributed by atoms with Gasteiger partial charge in [-0.15, -0.1) is 0 Å². The number of carbonyl (C=O) groups is 1. The number of likely N-dealkylation sites (tertiary alicyclic amines) is 1. The molecule has 1 rings (SSSR count). The first-order chi connectivity index (χ1) is 7.73. The van der Waals surface area contributed by atoms with E-state index in [0.717, 1.165) is 0 Å². The lowest BCUT2D eigenvalue weighted by Gasteiger charge is -2.20. The average molecular weight is 255 g/mol. The highest BCUT2D eigenvalue weighted by Crippen LogP contribution is 2.29. The van der Waals surface area contributed by atoms with Gasteiger partial charge in [0.2, 0.25) is 0 Å². The van der Waals surface area contributed by atoms with Crippen molar-refractivity contribution in [2.75, 3.05) is 32.8 Å². The molecule has 0 aromatic rings. The molecule has 1 heterocycles. The first kappa shape index (κ1) is 14.2. The summed E-state index contributed by atoms with van der Waals surface area (Å²) in [4.78, 5) is 12.7. The van der Waals surface area contributed by atoms with Crippen molar-refractivity contribution < 1.29 is 27.8 Å². The van der Waals surface area contributed by atoms with Crippen LogP contribution in [0.4, 0.5) is 13.2 Å². The smallest absolute Gasteiger partial charge is 0.411 e. The molecular formula is C10H16F3NO3. The molecule has 1 N–H and O–H groups in total. The number of hydrogen-bond donors (Lipinski definition) is 1. The molecule has 1 saturated heterocycles. The van der Waals surface area contributed by atoms with E-state index in [0.29, 0.717) is 26.1 Å². The van der Waals surface area contributed by atoms with Crippen LogP contribution in [-0.2, 0) is 9.53 Å². The number of alkyl halides is 3. The average Bonchev–Trinajstić information content (AvgIpc) is 2.55. The Morgan fingerprint density at radius 1 is 1.53 bits per heavy atom. The topological polar surface area (TPSA) is 49.8 Å². The van der Waals surface area contributed by atoms with Gasteiger partial charge in [0.1, 0.15) is 6.61 Å². The molecule has 0 bridgehead atoms. The summed E-state index contributed by atoms with van der Waals surface area (Å²) < 4.78 is 39.8. The zero-order chi connectivity index (χ0) is 13.1. The summed E-state index contributed by atoms with van der Waals surface area (Å²) in [5.74, 6) is -0.865. The molecule has 0 spiro atoms. The van der Waals surface area contributed by atoms with Gasteiger partial charge in [-0.25, -0.2) is 0 Å². The van der Waals surface area contributed by atoms with Gasteiger partial charge < -0.3 is 9.84 Å². The third-order valence-electron chi connectivity index (χ3n) is 2.89.